The molecule has 94 valence electrons. The number of piperidine rings is 1. The molecule has 1 amide bonds. The zero-order valence-corrected chi connectivity index (χ0v) is 10.3. The highest BCUT2D eigenvalue weighted by molar-refractivity contribution is 5.77. The van der Waals surface area contributed by atoms with Gasteiger partial charge in [0, 0.05) is 39.8 Å². The second-order valence-electron chi connectivity index (χ2n) is 4.42. The molecule has 1 aliphatic rings. The minimum Gasteiger partial charge on any atom is -0.383 e. The van der Waals surface area contributed by atoms with Crippen LogP contribution in [0.3, 0.4) is 0 Å². The second kappa shape index (κ2) is 6.83. The Kier molecular flexibility index (Phi) is 5.73. The van der Waals surface area contributed by atoms with Crippen molar-refractivity contribution in [1.82, 2.24) is 9.80 Å². The molecule has 0 aromatic carbocycles. The topological polar surface area (TPSA) is 58.8 Å². The Bertz CT molecular complexity index is 215. The van der Waals surface area contributed by atoms with Gasteiger partial charge in [0.15, 0.2) is 0 Å². The molecule has 5 heteroatoms. The first-order valence-electron chi connectivity index (χ1n) is 5.84. The van der Waals surface area contributed by atoms with Crippen molar-refractivity contribution < 1.29 is 9.53 Å². The predicted molar refractivity (Wildman–Crippen MR) is 63.2 cm³/mol. The molecule has 0 spiro atoms. The third-order valence-electron chi connectivity index (χ3n) is 3.05. The Morgan fingerprint density at radius 3 is 2.69 bits per heavy atom. The number of ether oxygens (including phenoxy) is 1. The highest BCUT2D eigenvalue weighted by Gasteiger charge is 2.19. The van der Waals surface area contributed by atoms with Crippen LogP contribution in [0.1, 0.15) is 12.8 Å². The number of carbonyl (C=O) groups is 1. The Labute approximate surface area is 97.5 Å². The van der Waals surface area contributed by atoms with E-state index < -0.39 is 0 Å². The zero-order valence-electron chi connectivity index (χ0n) is 10.3. The van der Waals surface area contributed by atoms with Gasteiger partial charge in [-0.3, -0.25) is 9.69 Å². The van der Waals surface area contributed by atoms with Gasteiger partial charge in [0.2, 0.25) is 5.91 Å². The maximum absolute atomic E-state index is 11.8. The molecule has 0 atom stereocenters. The summed E-state index contributed by atoms with van der Waals surface area (Å²) in [6, 6.07) is 0.317. The molecule has 0 saturated carbocycles. The van der Waals surface area contributed by atoms with Gasteiger partial charge in [0.05, 0.1) is 13.2 Å². The van der Waals surface area contributed by atoms with E-state index in [2.05, 4.69) is 4.90 Å². The first kappa shape index (κ1) is 13.4. The maximum atomic E-state index is 11.8. The van der Waals surface area contributed by atoms with Gasteiger partial charge in [-0.1, -0.05) is 0 Å². The molecule has 0 radical (unpaired) electrons. The summed E-state index contributed by atoms with van der Waals surface area (Å²) in [4.78, 5) is 15.7. The number of amides is 1. The fraction of sp³-hybridized carbons (Fsp3) is 0.909. The lowest BCUT2D eigenvalue weighted by Gasteiger charge is -2.30. The van der Waals surface area contributed by atoms with Crippen LogP contribution in [0.4, 0.5) is 0 Å². The van der Waals surface area contributed by atoms with Crippen molar-refractivity contribution in [2.75, 3.05) is 46.9 Å². The van der Waals surface area contributed by atoms with Crippen LogP contribution in [0.25, 0.3) is 0 Å². The lowest BCUT2D eigenvalue weighted by molar-refractivity contribution is -0.131. The fourth-order valence-electron chi connectivity index (χ4n) is 1.78. The minimum atomic E-state index is 0.160. The van der Waals surface area contributed by atoms with E-state index in [-0.39, 0.29) is 5.91 Å². The van der Waals surface area contributed by atoms with Crippen LogP contribution in [0.2, 0.25) is 0 Å². The molecule has 5 nitrogen and oxygen atoms in total. The summed E-state index contributed by atoms with van der Waals surface area (Å²) in [6.45, 7) is 3.62. The van der Waals surface area contributed by atoms with Crippen LogP contribution in [0.5, 0.6) is 0 Å². The van der Waals surface area contributed by atoms with E-state index in [1.54, 1.807) is 12.0 Å². The number of rotatable bonds is 5. The molecule has 1 fully saturated rings. The molecule has 1 aliphatic heterocycles. The van der Waals surface area contributed by atoms with Gasteiger partial charge < -0.3 is 15.4 Å². The molecule has 0 aromatic heterocycles. The van der Waals surface area contributed by atoms with Crippen LogP contribution in [-0.2, 0) is 9.53 Å². The summed E-state index contributed by atoms with van der Waals surface area (Å²) in [5.74, 6) is 0.160. The monoisotopic (exact) mass is 229 g/mol. The lowest BCUT2D eigenvalue weighted by Crippen LogP contribution is -2.45. The molecule has 1 saturated heterocycles. The molecule has 1 rings (SSSR count). The molecule has 16 heavy (non-hydrogen) atoms. The molecular formula is C11H23N3O2. The quantitative estimate of drug-likeness (QED) is 0.691. The minimum absolute atomic E-state index is 0.160. The molecule has 0 aliphatic carbocycles. The van der Waals surface area contributed by atoms with Crippen LogP contribution >= 0.6 is 0 Å². The van der Waals surface area contributed by atoms with E-state index in [1.165, 1.54) is 0 Å². The smallest absolute Gasteiger partial charge is 0.236 e. The van der Waals surface area contributed by atoms with E-state index >= 15 is 0 Å². The largest absolute Gasteiger partial charge is 0.383 e. The SMILES string of the molecule is COCCN(C)C(=O)CN1CCC(N)CC1. The lowest BCUT2D eigenvalue weighted by atomic mass is 10.1. The average molecular weight is 229 g/mol. The highest BCUT2D eigenvalue weighted by Crippen LogP contribution is 2.07. The molecule has 0 aromatic rings. The molecule has 0 unspecified atom stereocenters. The van der Waals surface area contributed by atoms with Crippen LogP contribution in [0, 0.1) is 0 Å². The number of nitrogens with zero attached hydrogens (tertiary/aromatic N) is 2. The number of nitrogens with two attached hydrogens (primary N) is 1. The Morgan fingerprint density at radius 1 is 1.50 bits per heavy atom. The van der Waals surface area contributed by atoms with E-state index in [1.807, 2.05) is 7.05 Å². The normalized spacial score (nSPS) is 18.7. The van der Waals surface area contributed by atoms with Crippen molar-refractivity contribution in [3.05, 3.63) is 0 Å². The van der Waals surface area contributed by atoms with Crippen molar-refractivity contribution in [2.45, 2.75) is 18.9 Å². The van der Waals surface area contributed by atoms with Gasteiger partial charge in [0.1, 0.15) is 0 Å². The maximum Gasteiger partial charge on any atom is 0.236 e. The standard InChI is InChI=1S/C11H23N3O2/c1-13(7-8-16-2)11(15)9-14-5-3-10(12)4-6-14/h10H,3-9,12H2,1-2H3. The van der Waals surface area contributed by atoms with Gasteiger partial charge >= 0.3 is 0 Å². The van der Waals surface area contributed by atoms with E-state index in [0.29, 0.717) is 25.7 Å². The number of hydrogen-bond acceptors (Lipinski definition) is 4. The number of hydrogen-bond donors (Lipinski definition) is 1. The van der Waals surface area contributed by atoms with Crippen molar-refractivity contribution in [2.24, 2.45) is 5.73 Å². The number of carbonyl (C=O) groups excluding carboxylic acids is 1. The molecular weight excluding hydrogens is 206 g/mol. The summed E-state index contributed by atoms with van der Waals surface area (Å²) in [7, 11) is 3.46. The predicted octanol–water partition coefficient (Wildman–Crippen LogP) is -0.486. The number of methoxy groups -OCH3 is 1. The Balaban J connectivity index is 2.22. The summed E-state index contributed by atoms with van der Waals surface area (Å²) in [5, 5.41) is 0. The van der Waals surface area contributed by atoms with Gasteiger partial charge in [0.25, 0.3) is 0 Å². The Morgan fingerprint density at radius 2 is 2.12 bits per heavy atom. The summed E-state index contributed by atoms with van der Waals surface area (Å²) in [5.41, 5.74) is 5.81. The van der Waals surface area contributed by atoms with Crippen molar-refractivity contribution in [1.29, 1.82) is 0 Å². The van der Waals surface area contributed by atoms with E-state index in [4.69, 9.17) is 10.5 Å². The summed E-state index contributed by atoms with van der Waals surface area (Å²) >= 11 is 0. The third kappa shape index (κ3) is 4.47. The average Bonchev–Trinajstić information content (AvgIpc) is 2.29. The summed E-state index contributed by atoms with van der Waals surface area (Å²) in [6.07, 6.45) is 1.99. The van der Waals surface area contributed by atoms with Gasteiger partial charge in [-0.25, -0.2) is 0 Å². The van der Waals surface area contributed by atoms with Crippen molar-refractivity contribution >= 4 is 5.91 Å². The second-order valence-corrected chi connectivity index (χ2v) is 4.42. The van der Waals surface area contributed by atoms with Crippen molar-refractivity contribution in [3.8, 4) is 0 Å². The van der Waals surface area contributed by atoms with Crippen LogP contribution in [0.15, 0.2) is 0 Å². The number of likely N-dealkylation sites (N-methyl/N-ethyl adjacent to an activating group) is 1. The number of likely N-dealkylation sites (tertiary alicyclic amines) is 1. The van der Waals surface area contributed by atoms with E-state index in [0.717, 1.165) is 25.9 Å². The molecule has 1 heterocycles. The van der Waals surface area contributed by atoms with Gasteiger partial charge in [-0.15, -0.1) is 0 Å². The van der Waals surface area contributed by atoms with Crippen molar-refractivity contribution in [3.63, 3.8) is 0 Å². The summed E-state index contributed by atoms with van der Waals surface area (Å²) < 4.78 is 4.94. The molecule has 0 bridgehead atoms. The first-order chi connectivity index (χ1) is 7.63. The highest BCUT2D eigenvalue weighted by atomic mass is 16.5. The molecule has 2 N–H and O–H groups in total. The third-order valence-corrected chi connectivity index (χ3v) is 3.05. The van der Waals surface area contributed by atoms with Gasteiger partial charge in [-0.2, -0.15) is 0 Å². The van der Waals surface area contributed by atoms with Crippen LogP contribution in [-0.4, -0.2) is 68.7 Å². The zero-order chi connectivity index (χ0) is 12.0. The van der Waals surface area contributed by atoms with Gasteiger partial charge in [-0.05, 0) is 12.8 Å². The van der Waals surface area contributed by atoms with E-state index in [9.17, 15) is 4.79 Å². The fourth-order valence-corrected chi connectivity index (χ4v) is 1.78. The van der Waals surface area contributed by atoms with Crippen LogP contribution < -0.4 is 5.73 Å². The first-order valence-corrected chi connectivity index (χ1v) is 5.84. The Hall–Kier alpha value is -0.650.